The molecule has 262 valence electrons. The Morgan fingerprint density at radius 2 is 0.875 bits per heavy atom. The summed E-state index contributed by atoms with van der Waals surface area (Å²) in [5.74, 6) is 1.78. The van der Waals surface area contributed by atoms with Gasteiger partial charge in [-0.05, 0) is 69.8 Å². The Morgan fingerprint density at radius 3 is 1.64 bits per heavy atom. The van der Waals surface area contributed by atoms with Gasteiger partial charge in [-0.15, -0.1) is 11.3 Å². The van der Waals surface area contributed by atoms with E-state index in [0.29, 0.717) is 17.5 Å². The first-order chi connectivity index (χ1) is 27.7. The first kappa shape index (κ1) is 32.2. The number of thiophene rings is 1. The highest BCUT2D eigenvalue weighted by atomic mass is 32.1. The molecule has 0 spiro atoms. The van der Waals surface area contributed by atoms with E-state index < -0.39 is 0 Å². The molecule has 0 saturated heterocycles. The minimum absolute atomic E-state index is 0.568. The molecular weight excluding hydrogens is 703 g/mol. The summed E-state index contributed by atoms with van der Waals surface area (Å²) in [7, 11) is 0. The molecule has 4 nitrogen and oxygen atoms in total. The van der Waals surface area contributed by atoms with Gasteiger partial charge in [0.1, 0.15) is 11.2 Å². The van der Waals surface area contributed by atoms with Gasteiger partial charge in [0.05, 0.1) is 5.56 Å². The summed E-state index contributed by atoms with van der Waals surface area (Å²) < 4.78 is 8.91. The molecule has 3 heterocycles. The molecule has 0 radical (unpaired) electrons. The number of para-hydroxylation sites is 2. The van der Waals surface area contributed by atoms with E-state index in [2.05, 4.69) is 152 Å². The van der Waals surface area contributed by atoms with Crippen LogP contribution in [0.2, 0.25) is 0 Å². The molecule has 0 fully saturated rings. The van der Waals surface area contributed by atoms with Crippen molar-refractivity contribution in [1.29, 1.82) is 0 Å². The van der Waals surface area contributed by atoms with Gasteiger partial charge in [0.15, 0.2) is 17.5 Å². The average molecular weight is 734 g/mol. The number of furan rings is 1. The van der Waals surface area contributed by atoms with Crippen LogP contribution >= 0.6 is 11.3 Å². The third kappa shape index (κ3) is 5.65. The molecule has 8 aromatic carbocycles. The van der Waals surface area contributed by atoms with Crippen LogP contribution < -0.4 is 0 Å². The summed E-state index contributed by atoms with van der Waals surface area (Å²) in [6.45, 7) is 0. The number of rotatable bonds is 6. The highest BCUT2D eigenvalue weighted by Gasteiger charge is 2.19. The second kappa shape index (κ2) is 13.3. The summed E-state index contributed by atoms with van der Waals surface area (Å²) >= 11 is 1.79. The van der Waals surface area contributed by atoms with E-state index in [4.69, 9.17) is 19.4 Å². The molecule has 11 rings (SSSR count). The van der Waals surface area contributed by atoms with Gasteiger partial charge < -0.3 is 4.42 Å². The summed E-state index contributed by atoms with van der Waals surface area (Å²) in [6.07, 6.45) is 0. The van der Waals surface area contributed by atoms with Crippen molar-refractivity contribution < 1.29 is 4.42 Å². The lowest BCUT2D eigenvalue weighted by atomic mass is 9.98. The Bertz CT molecular complexity index is 3240. The van der Waals surface area contributed by atoms with Crippen molar-refractivity contribution in [3.63, 3.8) is 0 Å². The monoisotopic (exact) mass is 733 g/mol. The van der Waals surface area contributed by atoms with E-state index in [1.54, 1.807) is 11.3 Å². The molecule has 56 heavy (non-hydrogen) atoms. The Hall–Kier alpha value is -7.21. The Labute approximate surface area is 327 Å². The maximum absolute atomic E-state index is 6.47. The molecule has 0 atom stereocenters. The molecule has 0 unspecified atom stereocenters. The standard InChI is InChI=1S/C51H31N3OS/c1-3-11-32(12-4-1)36-15-9-16-37(29-36)34-21-23-35(24-22-34)49-52-50(54-51(53-49)43-19-10-18-42-40-17-7-8-20-45(40)55-48(42)43)39-25-27-41-44-30-38(33-13-5-2-6-14-33)26-28-46(44)56-47(41)31-39/h1-31H. The fourth-order valence-electron chi connectivity index (χ4n) is 7.72. The zero-order valence-electron chi connectivity index (χ0n) is 30.1. The molecule has 0 saturated carbocycles. The Balaban J connectivity index is 1.04. The summed E-state index contributed by atoms with van der Waals surface area (Å²) in [4.78, 5) is 15.4. The molecule has 3 aromatic heterocycles. The van der Waals surface area contributed by atoms with Gasteiger partial charge in [0.25, 0.3) is 0 Å². The van der Waals surface area contributed by atoms with Gasteiger partial charge in [-0.3, -0.25) is 0 Å². The van der Waals surface area contributed by atoms with Crippen LogP contribution in [0.5, 0.6) is 0 Å². The molecule has 0 aliphatic heterocycles. The lowest BCUT2D eigenvalue weighted by Gasteiger charge is -2.10. The summed E-state index contributed by atoms with van der Waals surface area (Å²) in [6, 6.07) is 65.8. The van der Waals surface area contributed by atoms with Crippen LogP contribution in [0.25, 0.3) is 110 Å². The molecule has 0 bridgehead atoms. The van der Waals surface area contributed by atoms with Crippen molar-refractivity contribution in [2.24, 2.45) is 0 Å². The number of nitrogens with zero attached hydrogens (tertiary/aromatic N) is 3. The number of hydrogen-bond donors (Lipinski definition) is 0. The molecule has 0 amide bonds. The van der Waals surface area contributed by atoms with Crippen molar-refractivity contribution in [2.45, 2.75) is 0 Å². The van der Waals surface area contributed by atoms with Gasteiger partial charge in [0, 0.05) is 42.1 Å². The Morgan fingerprint density at radius 1 is 0.321 bits per heavy atom. The molecule has 11 aromatic rings. The molecule has 0 aliphatic rings. The van der Waals surface area contributed by atoms with Crippen LogP contribution in [0.15, 0.2) is 192 Å². The quantitative estimate of drug-likeness (QED) is 0.171. The fraction of sp³-hybridized carbons (Fsp3) is 0. The van der Waals surface area contributed by atoms with E-state index >= 15 is 0 Å². The molecule has 5 heteroatoms. The van der Waals surface area contributed by atoms with E-state index in [1.807, 2.05) is 36.4 Å². The lowest BCUT2D eigenvalue weighted by Crippen LogP contribution is -2.00. The SMILES string of the molecule is c1ccc(-c2cccc(-c3ccc(-c4nc(-c5ccc6c(c5)sc5ccc(-c7ccccc7)cc56)nc(-c5cccc6c5oc5ccccc56)n4)cc3)c2)cc1. The normalized spacial score (nSPS) is 11.6. The third-order valence-corrected chi connectivity index (χ3v) is 11.7. The number of fused-ring (bicyclic) bond motifs is 6. The van der Waals surface area contributed by atoms with Crippen LogP contribution in [-0.4, -0.2) is 15.0 Å². The van der Waals surface area contributed by atoms with Crippen molar-refractivity contribution in [3.05, 3.63) is 188 Å². The van der Waals surface area contributed by atoms with Crippen LogP contribution in [0.1, 0.15) is 0 Å². The zero-order chi connectivity index (χ0) is 37.0. The molecule has 0 aliphatic carbocycles. The topological polar surface area (TPSA) is 51.8 Å². The van der Waals surface area contributed by atoms with Gasteiger partial charge in [-0.2, -0.15) is 0 Å². The van der Waals surface area contributed by atoms with Gasteiger partial charge in [-0.25, -0.2) is 15.0 Å². The fourth-order valence-corrected chi connectivity index (χ4v) is 8.85. The first-order valence-corrected chi connectivity index (χ1v) is 19.5. The molecular formula is C51H31N3OS. The highest BCUT2D eigenvalue weighted by molar-refractivity contribution is 7.25. The lowest BCUT2D eigenvalue weighted by molar-refractivity contribution is 0.669. The first-order valence-electron chi connectivity index (χ1n) is 18.7. The van der Waals surface area contributed by atoms with Crippen molar-refractivity contribution in [2.75, 3.05) is 0 Å². The van der Waals surface area contributed by atoms with Crippen LogP contribution in [-0.2, 0) is 0 Å². The van der Waals surface area contributed by atoms with Gasteiger partial charge in [-0.1, -0.05) is 152 Å². The third-order valence-electron chi connectivity index (χ3n) is 10.6. The van der Waals surface area contributed by atoms with Crippen LogP contribution in [0, 0.1) is 0 Å². The van der Waals surface area contributed by atoms with E-state index in [9.17, 15) is 0 Å². The van der Waals surface area contributed by atoms with Crippen molar-refractivity contribution >= 4 is 53.4 Å². The van der Waals surface area contributed by atoms with E-state index in [1.165, 1.54) is 42.4 Å². The van der Waals surface area contributed by atoms with Crippen LogP contribution in [0.3, 0.4) is 0 Å². The van der Waals surface area contributed by atoms with Crippen molar-refractivity contribution in [3.8, 4) is 67.5 Å². The van der Waals surface area contributed by atoms with Crippen LogP contribution in [0.4, 0.5) is 0 Å². The minimum atomic E-state index is 0.568. The maximum atomic E-state index is 6.47. The predicted molar refractivity (Wildman–Crippen MR) is 233 cm³/mol. The molecule has 0 N–H and O–H groups in total. The number of hydrogen-bond acceptors (Lipinski definition) is 5. The summed E-state index contributed by atoms with van der Waals surface area (Å²) in [5, 5.41) is 4.57. The largest absolute Gasteiger partial charge is 0.455 e. The zero-order valence-corrected chi connectivity index (χ0v) is 30.9. The van der Waals surface area contributed by atoms with E-state index in [-0.39, 0.29) is 0 Å². The van der Waals surface area contributed by atoms with Gasteiger partial charge in [0.2, 0.25) is 0 Å². The van der Waals surface area contributed by atoms with Crippen molar-refractivity contribution in [1.82, 2.24) is 15.0 Å². The maximum Gasteiger partial charge on any atom is 0.167 e. The average Bonchev–Trinajstić information content (AvgIpc) is 3.85. The number of aromatic nitrogens is 3. The second-order valence-corrected chi connectivity index (χ2v) is 15.1. The highest BCUT2D eigenvalue weighted by Crippen LogP contribution is 2.40. The van der Waals surface area contributed by atoms with Gasteiger partial charge >= 0.3 is 0 Å². The minimum Gasteiger partial charge on any atom is -0.455 e. The second-order valence-electron chi connectivity index (χ2n) is 14.0. The smallest absolute Gasteiger partial charge is 0.167 e. The van der Waals surface area contributed by atoms with E-state index in [0.717, 1.165) is 49.8 Å². The summed E-state index contributed by atoms with van der Waals surface area (Å²) in [5.41, 5.74) is 11.3. The predicted octanol–water partition coefficient (Wildman–Crippen LogP) is 14.1. The number of benzene rings is 8. The Kier molecular flexibility index (Phi) is 7.64.